The lowest BCUT2D eigenvalue weighted by molar-refractivity contribution is -0.134. The Bertz CT molecular complexity index is 2240. The molecule has 4 heterocycles. The van der Waals surface area contributed by atoms with Crippen LogP contribution in [-0.4, -0.2) is 178 Å². The maximum atomic E-state index is 13.3. The molecule has 3 aliphatic rings. The highest BCUT2D eigenvalue weighted by molar-refractivity contribution is 7.15. The van der Waals surface area contributed by atoms with E-state index in [0.29, 0.717) is 146 Å². The number of ether oxygens (including phenoxy) is 6. The quantitative estimate of drug-likeness (QED) is 0.0783. The number of aliphatic imine (C=N–C) groups is 1. The number of pyridine rings is 1. The van der Waals surface area contributed by atoms with Gasteiger partial charge in [-0.05, 0) is 64.8 Å². The first-order chi connectivity index (χ1) is 34.8. The number of nitrogens with zero attached hydrogens (tertiary/aromatic N) is 7. The molecule has 0 unspecified atom stereocenters. The van der Waals surface area contributed by atoms with Crippen molar-refractivity contribution < 1.29 is 47.6 Å². The van der Waals surface area contributed by atoms with E-state index in [1.54, 1.807) is 24.3 Å². The minimum absolute atomic E-state index is 0.0632. The van der Waals surface area contributed by atoms with Gasteiger partial charge in [-0.3, -0.25) is 29.4 Å². The van der Waals surface area contributed by atoms with Crippen molar-refractivity contribution in [3.8, 4) is 0 Å². The third kappa shape index (κ3) is 17.3. The minimum Gasteiger partial charge on any atom is -0.379 e. The zero-order valence-corrected chi connectivity index (χ0v) is 43.5. The molecule has 0 radical (unpaired) electrons. The van der Waals surface area contributed by atoms with Gasteiger partial charge in [0.1, 0.15) is 11.6 Å². The summed E-state index contributed by atoms with van der Waals surface area (Å²) in [6, 6.07) is 10.9. The molecule has 0 spiro atoms. The number of nitrogens with one attached hydrogen (secondary N) is 3. The monoisotopic (exact) mass is 1020 g/mol. The van der Waals surface area contributed by atoms with E-state index in [-0.39, 0.29) is 42.7 Å². The molecule has 394 valence electrons. The average Bonchev–Trinajstić information content (AvgIpc) is 4.01. The molecule has 4 amide bonds. The van der Waals surface area contributed by atoms with Crippen LogP contribution in [0.5, 0.6) is 0 Å². The molecule has 3 aromatic rings. The average molecular weight is 1020 g/mol. The normalized spacial score (nSPS) is 17.2. The highest BCUT2D eigenvalue weighted by atomic mass is 32.1. The fourth-order valence-electron chi connectivity index (χ4n) is 8.30. The molecule has 1 saturated heterocycles. The van der Waals surface area contributed by atoms with E-state index >= 15 is 0 Å². The third-order valence-electron chi connectivity index (χ3n) is 12.8. The van der Waals surface area contributed by atoms with Crippen molar-refractivity contribution in [2.45, 2.75) is 84.2 Å². The first-order valence-electron chi connectivity index (χ1n) is 25.0. The Kier molecular flexibility index (Phi) is 22.2. The predicted octanol–water partition coefficient (Wildman–Crippen LogP) is 5.70. The van der Waals surface area contributed by atoms with E-state index in [9.17, 15) is 19.2 Å². The summed E-state index contributed by atoms with van der Waals surface area (Å²) >= 11 is 1.40. The Morgan fingerprint density at radius 3 is 1.93 bits per heavy atom. The Morgan fingerprint density at radius 2 is 1.36 bits per heavy atom. The number of hydrogen-bond acceptors (Lipinski definition) is 17. The summed E-state index contributed by atoms with van der Waals surface area (Å²) in [5.41, 5.74) is 2.14. The second kappa shape index (κ2) is 28.6. The Labute approximate surface area is 427 Å². The van der Waals surface area contributed by atoms with Gasteiger partial charge in [-0.25, -0.2) is 9.97 Å². The largest absolute Gasteiger partial charge is 0.379 e. The van der Waals surface area contributed by atoms with Gasteiger partial charge in [0.25, 0.3) is 5.91 Å². The van der Waals surface area contributed by atoms with Gasteiger partial charge in [-0.1, -0.05) is 31.6 Å². The van der Waals surface area contributed by atoms with Crippen molar-refractivity contribution in [1.29, 1.82) is 0 Å². The number of anilines is 4. The summed E-state index contributed by atoms with van der Waals surface area (Å²) < 4.78 is 33.4. The van der Waals surface area contributed by atoms with Crippen molar-refractivity contribution in [3.05, 3.63) is 71.1 Å². The van der Waals surface area contributed by atoms with Crippen LogP contribution in [-0.2, 0) is 42.8 Å². The van der Waals surface area contributed by atoms with Crippen LogP contribution in [0.2, 0.25) is 0 Å². The van der Waals surface area contributed by atoms with E-state index < -0.39 is 5.54 Å². The van der Waals surface area contributed by atoms with Crippen LogP contribution in [0.15, 0.2) is 60.0 Å². The van der Waals surface area contributed by atoms with Crippen molar-refractivity contribution >= 4 is 63.2 Å². The van der Waals surface area contributed by atoms with Gasteiger partial charge in [-0.15, -0.1) is 11.3 Å². The van der Waals surface area contributed by atoms with E-state index in [4.69, 9.17) is 38.4 Å². The SMILES string of the molecule is C=C1/N=C(/Nc2ccc(N3CCN(C(=O)CCOCCOCCOCCOCCOCCOCCC(=O)Nc4ccccc4C(=O)Nc4nc(C)c(C)s4)CC3)cn2)N(C)C(C)(C)CC(=O)N1C1CCCC1. The molecule has 0 atom stereocenters. The molecule has 20 nitrogen and oxygen atoms in total. The second-order valence-corrected chi connectivity index (χ2v) is 19.6. The summed E-state index contributed by atoms with van der Waals surface area (Å²) in [6.45, 7) is 19.3. The van der Waals surface area contributed by atoms with Gasteiger partial charge < -0.3 is 53.8 Å². The highest BCUT2D eigenvalue weighted by Crippen LogP contribution is 2.32. The molecule has 1 saturated carbocycles. The Morgan fingerprint density at radius 1 is 0.778 bits per heavy atom. The lowest BCUT2D eigenvalue weighted by Gasteiger charge is -2.42. The van der Waals surface area contributed by atoms with Gasteiger partial charge in [-0.2, -0.15) is 4.99 Å². The lowest BCUT2D eigenvalue weighted by Crippen LogP contribution is -2.53. The predicted molar refractivity (Wildman–Crippen MR) is 278 cm³/mol. The maximum absolute atomic E-state index is 13.3. The zero-order valence-electron chi connectivity index (χ0n) is 42.7. The number of aryl methyl sites for hydroxylation is 2. The molecule has 2 aliphatic heterocycles. The van der Waals surface area contributed by atoms with Gasteiger partial charge >= 0.3 is 0 Å². The maximum Gasteiger partial charge on any atom is 0.259 e. The van der Waals surface area contributed by atoms with Crippen LogP contribution in [0.4, 0.5) is 22.3 Å². The third-order valence-corrected chi connectivity index (χ3v) is 13.7. The van der Waals surface area contributed by atoms with Gasteiger partial charge in [0.05, 0.1) is 121 Å². The first-order valence-corrected chi connectivity index (χ1v) is 25.8. The number of amides is 4. The minimum atomic E-state index is -0.469. The van der Waals surface area contributed by atoms with Gasteiger partial charge in [0, 0.05) is 56.1 Å². The molecular weight excluding hydrogens is 945 g/mol. The van der Waals surface area contributed by atoms with Gasteiger partial charge in [0.15, 0.2) is 5.13 Å². The van der Waals surface area contributed by atoms with Crippen LogP contribution in [0.25, 0.3) is 0 Å². The molecule has 1 aliphatic carbocycles. The molecule has 3 N–H and O–H groups in total. The van der Waals surface area contributed by atoms with Crippen LogP contribution in [0, 0.1) is 13.8 Å². The summed E-state index contributed by atoms with van der Waals surface area (Å²) in [4.78, 5) is 74.4. The standard InChI is InChI=1S/C51H74N10O10S/c1-37-38(2)72-50(53-37)57-48(65)42-13-9-10-14-43(42)55-45(62)17-23-66-25-27-68-29-31-70-33-34-71-32-30-69-28-26-67-24-18-46(63)60-21-19-59(20-22-60)41-15-16-44(52-36-41)56-49-54-39(3)61(40-11-7-8-12-40)47(64)35-51(4,5)58(49)6/h9-10,13-16,36,40H,3,7-8,11-12,17-35H2,1-2,4-6H3,(H,55,62)(H,52,54,56)(H,53,57,65). The molecule has 2 fully saturated rings. The zero-order chi connectivity index (χ0) is 51.3. The number of carbonyl (C=O) groups is 4. The smallest absolute Gasteiger partial charge is 0.259 e. The fraction of sp³-hybridized carbons (Fsp3) is 0.588. The summed E-state index contributed by atoms with van der Waals surface area (Å²) in [6.07, 6.45) is 6.80. The van der Waals surface area contributed by atoms with Crippen molar-refractivity contribution in [2.24, 2.45) is 4.99 Å². The number of rotatable bonds is 27. The number of aromatic nitrogens is 2. The number of para-hydroxylation sites is 1. The molecule has 0 bridgehead atoms. The molecular formula is C51H74N10O10S. The second-order valence-electron chi connectivity index (χ2n) is 18.4. The lowest BCUT2D eigenvalue weighted by atomic mass is 9.96. The number of thiazole rings is 1. The number of hydrogen-bond donors (Lipinski definition) is 3. The van der Waals surface area contributed by atoms with Gasteiger partial charge in [0.2, 0.25) is 23.7 Å². The summed E-state index contributed by atoms with van der Waals surface area (Å²) in [5, 5.41) is 9.49. The van der Waals surface area contributed by atoms with Crippen LogP contribution < -0.4 is 20.9 Å². The number of guanidine groups is 1. The Hall–Kier alpha value is -5.55. The van der Waals surface area contributed by atoms with Crippen LogP contribution in [0.3, 0.4) is 0 Å². The number of piperazine rings is 1. The summed E-state index contributed by atoms with van der Waals surface area (Å²) in [5.74, 6) is 1.22. The van der Waals surface area contributed by atoms with Crippen LogP contribution >= 0.6 is 11.3 Å². The summed E-state index contributed by atoms with van der Waals surface area (Å²) in [7, 11) is 1.93. The van der Waals surface area contributed by atoms with Crippen molar-refractivity contribution in [2.75, 3.05) is 133 Å². The number of benzene rings is 1. The topological polar surface area (TPSA) is 211 Å². The fourth-order valence-corrected chi connectivity index (χ4v) is 9.11. The van der Waals surface area contributed by atoms with Crippen molar-refractivity contribution in [1.82, 2.24) is 24.7 Å². The van der Waals surface area contributed by atoms with E-state index in [1.165, 1.54) is 11.3 Å². The van der Waals surface area contributed by atoms with E-state index in [2.05, 4.69) is 32.4 Å². The molecule has 1 aromatic carbocycles. The molecule has 21 heteroatoms. The highest BCUT2D eigenvalue weighted by Gasteiger charge is 2.38. The van der Waals surface area contributed by atoms with E-state index in [0.717, 1.165) is 41.9 Å². The first kappa shape index (κ1) is 55.8. The van der Waals surface area contributed by atoms with Crippen molar-refractivity contribution in [3.63, 3.8) is 0 Å². The molecule has 6 rings (SSSR count). The van der Waals surface area contributed by atoms with Crippen LogP contribution in [0.1, 0.15) is 79.7 Å². The van der Waals surface area contributed by atoms with E-state index in [1.807, 2.05) is 67.8 Å². The molecule has 2 aromatic heterocycles. The molecule has 72 heavy (non-hydrogen) atoms. The Balaban J connectivity index is 0.716. The number of carbonyl (C=O) groups excluding carboxylic acids is 4.